The summed E-state index contributed by atoms with van der Waals surface area (Å²) in [5.74, 6) is 1.20. The number of sulfone groups is 1. The summed E-state index contributed by atoms with van der Waals surface area (Å²) in [6, 6.07) is 3.53. The minimum Gasteiger partial charge on any atom is -0.442 e. The molecule has 1 atom stereocenters. The summed E-state index contributed by atoms with van der Waals surface area (Å²) in [5, 5.41) is 7.36. The molecule has 0 amide bonds. The summed E-state index contributed by atoms with van der Waals surface area (Å²) in [5.41, 5.74) is 0.378. The third-order valence-corrected chi connectivity index (χ3v) is 7.99. The second-order valence-electron chi connectivity index (χ2n) is 10.0. The van der Waals surface area contributed by atoms with Crippen LogP contribution in [0.5, 0.6) is 0 Å². The van der Waals surface area contributed by atoms with Gasteiger partial charge >= 0.3 is 6.09 Å². The standard InChI is InChI=1S/C22H32N6O5S/c1-14-11-17(26-28(14)20(29)33-21(3,4)5)24-19-23-16(22(7-8-22)34(6,30)31)12-18(25-19)27-9-10-32-13-15(27)2/h11-12,15H,7-10,13H2,1-6H3,(H,23,24,25,26)/t15-/m1/s1. The Bertz CT molecular complexity index is 1200. The van der Waals surface area contributed by atoms with Gasteiger partial charge in [0.15, 0.2) is 15.7 Å². The smallest absolute Gasteiger partial charge is 0.435 e. The first-order valence-corrected chi connectivity index (χ1v) is 13.2. The van der Waals surface area contributed by atoms with Crippen LogP contribution in [0.4, 0.5) is 22.4 Å². The van der Waals surface area contributed by atoms with E-state index in [0.29, 0.717) is 55.6 Å². The van der Waals surface area contributed by atoms with E-state index in [4.69, 9.17) is 9.47 Å². The monoisotopic (exact) mass is 492 g/mol. The lowest BCUT2D eigenvalue weighted by molar-refractivity contribution is 0.0511. The van der Waals surface area contributed by atoms with Gasteiger partial charge in [0.05, 0.1) is 24.9 Å². The van der Waals surface area contributed by atoms with Gasteiger partial charge in [0.2, 0.25) is 5.95 Å². The number of ether oxygens (including phenoxy) is 2. The number of rotatable bonds is 5. The highest BCUT2D eigenvalue weighted by atomic mass is 32.2. The molecule has 2 aliphatic rings. The lowest BCUT2D eigenvalue weighted by atomic mass is 10.2. The number of carbonyl (C=O) groups excluding carboxylic acids is 1. The second-order valence-corrected chi connectivity index (χ2v) is 12.3. The van der Waals surface area contributed by atoms with Crippen LogP contribution in [0, 0.1) is 6.92 Å². The van der Waals surface area contributed by atoms with E-state index >= 15 is 0 Å². The van der Waals surface area contributed by atoms with E-state index < -0.39 is 26.3 Å². The van der Waals surface area contributed by atoms with Gasteiger partial charge in [-0.15, -0.1) is 5.10 Å². The van der Waals surface area contributed by atoms with E-state index in [1.165, 1.54) is 10.9 Å². The Morgan fingerprint density at radius 1 is 1.26 bits per heavy atom. The van der Waals surface area contributed by atoms with Gasteiger partial charge < -0.3 is 19.7 Å². The van der Waals surface area contributed by atoms with Crippen molar-refractivity contribution in [3.8, 4) is 0 Å². The minimum atomic E-state index is -3.37. The van der Waals surface area contributed by atoms with Crippen LogP contribution in [0.25, 0.3) is 0 Å². The van der Waals surface area contributed by atoms with Gasteiger partial charge in [0.25, 0.3) is 0 Å². The Kier molecular flexibility index (Phi) is 6.09. The van der Waals surface area contributed by atoms with E-state index in [-0.39, 0.29) is 12.0 Å². The van der Waals surface area contributed by atoms with Gasteiger partial charge in [-0.05, 0) is 47.5 Å². The molecule has 1 aliphatic heterocycles. The molecule has 1 saturated carbocycles. The van der Waals surface area contributed by atoms with Crippen molar-refractivity contribution in [3.63, 3.8) is 0 Å². The molecule has 1 saturated heterocycles. The highest BCUT2D eigenvalue weighted by Crippen LogP contribution is 2.52. The molecule has 0 unspecified atom stereocenters. The SMILES string of the molecule is Cc1cc(Nc2nc(N3CCOC[C@H]3C)cc(C3(S(C)(=O)=O)CC3)n2)nn1C(=O)OC(C)(C)C. The van der Waals surface area contributed by atoms with E-state index in [9.17, 15) is 13.2 Å². The number of carbonyl (C=O) groups is 1. The van der Waals surface area contributed by atoms with E-state index in [1.54, 1.807) is 39.8 Å². The highest BCUT2D eigenvalue weighted by Gasteiger charge is 2.55. The molecule has 2 fully saturated rings. The predicted octanol–water partition coefficient (Wildman–Crippen LogP) is 2.77. The zero-order valence-electron chi connectivity index (χ0n) is 20.5. The van der Waals surface area contributed by atoms with Crippen molar-refractivity contribution in [1.29, 1.82) is 0 Å². The van der Waals surface area contributed by atoms with Crippen LogP contribution in [0.1, 0.15) is 51.9 Å². The van der Waals surface area contributed by atoms with E-state index in [1.807, 2.05) is 6.92 Å². The quantitative estimate of drug-likeness (QED) is 0.665. The fraction of sp³-hybridized carbons (Fsp3) is 0.636. The molecule has 2 aromatic rings. The number of hydrogen-bond donors (Lipinski definition) is 1. The Morgan fingerprint density at radius 3 is 2.56 bits per heavy atom. The third kappa shape index (κ3) is 4.88. The average Bonchev–Trinajstić information content (AvgIpc) is 3.46. The van der Waals surface area contributed by atoms with E-state index in [0.717, 1.165) is 0 Å². The van der Waals surface area contributed by atoms with Gasteiger partial charge in [-0.3, -0.25) is 0 Å². The number of aryl methyl sites for hydroxylation is 1. The predicted molar refractivity (Wildman–Crippen MR) is 127 cm³/mol. The first-order valence-electron chi connectivity index (χ1n) is 11.3. The first-order chi connectivity index (χ1) is 15.8. The minimum absolute atomic E-state index is 0.0753. The number of anilines is 3. The zero-order valence-corrected chi connectivity index (χ0v) is 21.3. The van der Waals surface area contributed by atoms with Crippen molar-refractivity contribution in [2.45, 2.75) is 63.9 Å². The van der Waals surface area contributed by atoms with E-state index in [2.05, 4.69) is 25.3 Å². The van der Waals surface area contributed by atoms with Crippen LogP contribution in [0.3, 0.4) is 0 Å². The molecule has 12 heteroatoms. The Balaban J connectivity index is 1.69. The molecule has 1 aliphatic carbocycles. The first kappa shape index (κ1) is 24.4. The molecular formula is C22H32N6O5S. The van der Waals surface area contributed by atoms with Crippen molar-refractivity contribution in [3.05, 3.63) is 23.5 Å². The fourth-order valence-electron chi connectivity index (χ4n) is 4.01. The summed E-state index contributed by atoms with van der Waals surface area (Å²) in [6.07, 6.45) is 1.70. The highest BCUT2D eigenvalue weighted by molar-refractivity contribution is 7.91. The van der Waals surface area contributed by atoms with Gasteiger partial charge in [-0.1, -0.05) is 0 Å². The van der Waals surface area contributed by atoms with Gasteiger partial charge in [0.1, 0.15) is 16.2 Å². The number of nitrogens with one attached hydrogen (secondary N) is 1. The van der Waals surface area contributed by atoms with Crippen molar-refractivity contribution in [2.75, 3.05) is 36.2 Å². The Hall–Kier alpha value is -2.73. The average molecular weight is 493 g/mol. The molecule has 0 radical (unpaired) electrons. The number of nitrogens with zero attached hydrogens (tertiary/aromatic N) is 5. The maximum absolute atomic E-state index is 12.6. The summed E-state index contributed by atoms with van der Waals surface area (Å²) in [6.45, 7) is 10.9. The molecule has 186 valence electrons. The number of hydrogen-bond acceptors (Lipinski definition) is 10. The topological polar surface area (TPSA) is 129 Å². The molecule has 0 spiro atoms. The summed E-state index contributed by atoms with van der Waals surface area (Å²) >= 11 is 0. The molecule has 3 heterocycles. The largest absolute Gasteiger partial charge is 0.442 e. The molecule has 0 bridgehead atoms. The summed E-state index contributed by atoms with van der Waals surface area (Å²) in [4.78, 5) is 23.8. The summed E-state index contributed by atoms with van der Waals surface area (Å²) < 4.78 is 36.3. The van der Waals surface area contributed by atoms with Crippen LogP contribution in [-0.4, -0.2) is 71.9 Å². The fourth-order valence-corrected chi connectivity index (χ4v) is 5.34. The third-order valence-electron chi connectivity index (χ3n) is 5.95. The van der Waals surface area contributed by atoms with Gasteiger partial charge in [-0.25, -0.2) is 18.2 Å². The lowest BCUT2D eigenvalue weighted by Gasteiger charge is -2.34. The normalized spacial score (nSPS) is 20.2. The van der Waals surface area contributed by atoms with Crippen LogP contribution in [0.15, 0.2) is 12.1 Å². The summed E-state index contributed by atoms with van der Waals surface area (Å²) in [7, 11) is -3.37. The van der Waals surface area contributed by atoms with Crippen LogP contribution < -0.4 is 10.2 Å². The van der Waals surface area contributed by atoms with Crippen LogP contribution in [-0.2, 0) is 24.1 Å². The van der Waals surface area contributed by atoms with Gasteiger partial charge in [-0.2, -0.15) is 9.67 Å². The Morgan fingerprint density at radius 2 is 1.97 bits per heavy atom. The molecule has 4 rings (SSSR count). The van der Waals surface area contributed by atoms with Crippen LogP contribution in [0.2, 0.25) is 0 Å². The molecular weight excluding hydrogens is 460 g/mol. The van der Waals surface area contributed by atoms with Crippen LogP contribution >= 0.6 is 0 Å². The molecule has 11 nitrogen and oxygen atoms in total. The molecule has 0 aromatic carbocycles. The second kappa shape index (κ2) is 8.49. The number of aromatic nitrogens is 4. The molecule has 34 heavy (non-hydrogen) atoms. The molecule has 2 aromatic heterocycles. The zero-order chi connectivity index (χ0) is 24.9. The van der Waals surface area contributed by atoms with Crippen molar-refractivity contribution < 1.29 is 22.7 Å². The lowest BCUT2D eigenvalue weighted by Crippen LogP contribution is -2.44. The van der Waals surface area contributed by atoms with Crippen molar-refractivity contribution >= 4 is 33.5 Å². The maximum Gasteiger partial charge on any atom is 0.435 e. The van der Waals surface area contributed by atoms with Crippen molar-refractivity contribution in [1.82, 2.24) is 19.7 Å². The number of morpholine rings is 1. The Labute approximate surface area is 199 Å². The molecule has 1 N–H and O–H groups in total. The maximum atomic E-state index is 12.6. The van der Waals surface area contributed by atoms with Gasteiger partial charge in [0, 0.05) is 30.6 Å². The van der Waals surface area contributed by atoms with Crippen molar-refractivity contribution in [2.24, 2.45) is 0 Å².